The molecule has 0 aliphatic carbocycles. The van der Waals surface area contributed by atoms with Crippen molar-refractivity contribution >= 4 is 12.1 Å². The van der Waals surface area contributed by atoms with Crippen molar-refractivity contribution in [3.05, 3.63) is 47.2 Å². The number of aryl methyl sites for hydroxylation is 2. The molecule has 2 aromatic rings. The molecule has 0 radical (unpaired) electrons. The number of carbonyl (C=O) groups excluding carboxylic acids is 1. The summed E-state index contributed by atoms with van der Waals surface area (Å²) in [6.07, 6.45) is 4.23. The summed E-state index contributed by atoms with van der Waals surface area (Å²) in [5.74, 6) is 2.54. The fraction of sp³-hybridized carbons (Fsp3) is 0.450. The van der Waals surface area contributed by atoms with Crippen LogP contribution >= 0.6 is 0 Å². The largest absolute Gasteiger partial charge is 0.493 e. The fourth-order valence-electron chi connectivity index (χ4n) is 3.25. The van der Waals surface area contributed by atoms with Gasteiger partial charge in [-0.25, -0.2) is 0 Å². The van der Waals surface area contributed by atoms with Crippen molar-refractivity contribution in [1.29, 1.82) is 0 Å². The number of nitrogens with zero attached hydrogens (tertiary/aromatic N) is 3. The van der Waals surface area contributed by atoms with Gasteiger partial charge in [0, 0.05) is 18.7 Å². The lowest BCUT2D eigenvalue weighted by Gasteiger charge is -2.32. The van der Waals surface area contributed by atoms with E-state index in [1.54, 1.807) is 6.07 Å². The number of benzene rings is 1. The van der Waals surface area contributed by atoms with E-state index in [1.807, 2.05) is 32.0 Å². The average molecular weight is 339 g/mol. The molecule has 132 valence electrons. The summed E-state index contributed by atoms with van der Waals surface area (Å²) < 4.78 is 5.91. The Labute approximate surface area is 149 Å². The van der Waals surface area contributed by atoms with Crippen LogP contribution in [0.4, 0.5) is 5.82 Å². The van der Waals surface area contributed by atoms with Crippen molar-refractivity contribution in [1.82, 2.24) is 10.2 Å². The van der Waals surface area contributed by atoms with Gasteiger partial charge >= 0.3 is 0 Å². The third kappa shape index (κ3) is 4.56. The molecule has 1 aliphatic heterocycles. The van der Waals surface area contributed by atoms with Gasteiger partial charge in [0.15, 0.2) is 5.82 Å². The number of hydrogen-bond acceptors (Lipinski definition) is 5. The monoisotopic (exact) mass is 339 g/mol. The highest BCUT2D eigenvalue weighted by molar-refractivity contribution is 5.75. The third-order valence-corrected chi connectivity index (χ3v) is 4.84. The van der Waals surface area contributed by atoms with E-state index in [-0.39, 0.29) is 0 Å². The molecular formula is C20H25N3O2. The first-order valence-electron chi connectivity index (χ1n) is 8.89. The highest BCUT2D eigenvalue weighted by atomic mass is 16.5. The molecule has 1 fully saturated rings. The summed E-state index contributed by atoms with van der Waals surface area (Å²) in [6, 6.07) is 9.62. The maximum atomic E-state index is 10.8. The first kappa shape index (κ1) is 17.4. The minimum Gasteiger partial charge on any atom is -0.493 e. The van der Waals surface area contributed by atoms with E-state index < -0.39 is 0 Å². The number of anilines is 1. The first-order valence-corrected chi connectivity index (χ1v) is 8.89. The topological polar surface area (TPSA) is 55.3 Å². The van der Waals surface area contributed by atoms with Crippen molar-refractivity contribution < 1.29 is 9.53 Å². The standard InChI is InChI=1S/C20H25N3O2/c1-15-13-18(14-24)4-5-19(15)25-12-9-17-7-10-23(11-8-17)20-6-3-16(2)21-22-20/h3-6,13-14,17H,7-12H2,1-2H3. The van der Waals surface area contributed by atoms with Gasteiger partial charge in [-0.05, 0) is 74.9 Å². The molecule has 25 heavy (non-hydrogen) atoms. The highest BCUT2D eigenvalue weighted by Crippen LogP contribution is 2.25. The molecule has 1 saturated heterocycles. The van der Waals surface area contributed by atoms with Gasteiger partial charge in [-0.3, -0.25) is 4.79 Å². The Hall–Kier alpha value is -2.43. The van der Waals surface area contributed by atoms with E-state index in [0.717, 1.165) is 68.1 Å². The van der Waals surface area contributed by atoms with Gasteiger partial charge in [-0.1, -0.05) is 0 Å². The minimum atomic E-state index is 0.684. The SMILES string of the molecule is Cc1ccc(N2CCC(CCOc3ccc(C=O)cc3C)CC2)nn1. The van der Waals surface area contributed by atoms with Gasteiger partial charge in [-0.15, -0.1) is 5.10 Å². The van der Waals surface area contributed by atoms with Gasteiger partial charge in [-0.2, -0.15) is 5.10 Å². The summed E-state index contributed by atoms with van der Waals surface area (Å²) in [4.78, 5) is 13.1. The second-order valence-electron chi connectivity index (χ2n) is 6.74. The van der Waals surface area contributed by atoms with E-state index in [9.17, 15) is 4.79 Å². The van der Waals surface area contributed by atoms with E-state index in [1.165, 1.54) is 0 Å². The van der Waals surface area contributed by atoms with E-state index >= 15 is 0 Å². The Morgan fingerprint density at radius 2 is 1.96 bits per heavy atom. The maximum absolute atomic E-state index is 10.8. The molecular weight excluding hydrogens is 314 g/mol. The zero-order valence-electron chi connectivity index (χ0n) is 14.9. The van der Waals surface area contributed by atoms with E-state index in [4.69, 9.17) is 4.74 Å². The van der Waals surface area contributed by atoms with Crippen LogP contribution in [0.3, 0.4) is 0 Å². The Balaban J connectivity index is 1.43. The molecule has 5 heteroatoms. The molecule has 2 heterocycles. The Morgan fingerprint density at radius 3 is 2.60 bits per heavy atom. The van der Waals surface area contributed by atoms with Crippen LogP contribution in [0.15, 0.2) is 30.3 Å². The smallest absolute Gasteiger partial charge is 0.151 e. The van der Waals surface area contributed by atoms with Gasteiger partial charge in [0.25, 0.3) is 0 Å². The predicted molar refractivity (Wildman–Crippen MR) is 98.4 cm³/mol. The normalized spacial score (nSPS) is 15.2. The lowest BCUT2D eigenvalue weighted by Crippen LogP contribution is -2.34. The molecule has 0 N–H and O–H groups in total. The van der Waals surface area contributed by atoms with Gasteiger partial charge < -0.3 is 9.64 Å². The summed E-state index contributed by atoms with van der Waals surface area (Å²) >= 11 is 0. The highest BCUT2D eigenvalue weighted by Gasteiger charge is 2.20. The summed E-state index contributed by atoms with van der Waals surface area (Å²) in [5.41, 5.74) is 2.65. The maximum Gasteiger partial charge on any atom is 0.151 e. The third-order valence-electron chi connectivity index (χ3n) is 4.84. The first-order chi connectivity index (χ1) is 12.2. The second-order valence-corrected chi connectivity index (χ2v) is 6.74. The molecule has 0 amide bonds. The van der Waals surface area contributed by atoms with Crippen LogP contribution in [-0.4, -0.2) is 36.2 Å². The minimum absolute atomic E-state index is 0.684. The number of aromatic nitrogens is 2. The molecule has 0 saturated carbocycles. The summed E-state index contributed by atoms with van der Waals surface area (Å²) in [5, 5.41) is 8.42. The average Bonchev–Trinajstić information content (AvgIpc) is 2.64. The number of piperidine rings is 1. The summed E-state index contributed by atoms with van der Waals surface area (Å²) in [6.45, 7) is 6.70. The Bertz CT molecular complexity index is 707. The quantitative estimate of drug-likeness (QED) is 0.753. The van der Waals surface area contributed by atoms with Crippen LogP contribution in [0.25, 0.3) is 0 Å². The number of carbonyl (C=O) groups is 1. The fourth-order valence-corrected chi connectivity index (χ4v) is 3.25. The number of ether oxygens (including phenoxy) is 1. The molecule has 0 unspecified atom stereocenters. The zero-order chi connectivity index (χ0) is 17.6. The van der Waals surface area contributed by atoms with Crippen LogP contribution < -0.4 is 9.64 Å². The van der Waals surface area contributed by atoms with E-state index in [2.05, 4.69) is 21.2 Å². The van der Waals surface area contributed by atoms with Crippen molar-refractivity contribution in [2.75, 3.05) is 24.6 Å². The van der Waals surface area contributed by atoms with Crippen LogP contribution in [0.2, 0.25) is 0 Å². The van der Waals surface area contributed by atoms with Crippen LogP contribution in [0.1, 0.15) is 40.9 Å². The van der Waals surface area contributed by atoms with Crippen molar-refractivity contribution in [3.8, 4) is 5.75 Å². The van der Waals surface area contributed by atoms with Crippen LogP contribution in [-0.2, 0) is 0 Å². The summed E-state index contributed by atoms with van der Waals surface area (Å²) in [7, 11) is 0. The van der Waals surface area contributed by atoms with Gasteiger partial charge in [0.2, 0.25) is 0 Å². The Morgan fingerprint density at radius 1 is 1.16 bits per heavy atom. The second kappa shape index (κ2) is 8.10. The van der Waals surface area contributed by atoms with Crippen LogP contribution in [0.5, 0.6) is 5.75 Å². The zero-order valence-corrected chi connectivity index (χ0v) is 14.9. The van der Waals surface area contributed by atoms with Crippen molar-refractivity contribution in [2.24, 2.45) is 5.92 Å². The van der Waals surface area contributed by atoms with Gasteiger partial charge in [0.1, 0.15) is 12.0 Å². The predicted octanol–water partition coefficient (Wildman–Crippen LogP) is 3.59. The molecule has 0 bridgehead atoms. The van der Waals surface area contributed by atoms with Crippen molar-refractivity contribution in [2.45, 2.75) is 33.1 Å². The number of hydrogen-bond donors (Lipinski definition) is 0. The lowest BCUT2D eigenvalue weighted by atomic mass is 9.94. The molecule has 1 aromatic carbocycles. The number of rotatable bonds is 6. The van der Waals surface area contributed by atoms with E-state index in [0.29, 0.717) is 11.5 Å². The molecule has 1 aliphatic rings. The molecule has 5 nitrogen and oxygen atoms in total. The molecule has 0 atom stereocenters. The Kier molecular flexibility index (Phi) is 5.64. The van der Waals surface area contributed by atoms with Crippen LogP contribution in [0, 0.1) is 19.8 Å². The molecule has 1 aromatic heterocycles. The van der Waals surface area contributed by atoms with Gasteiger partial charge in [0.05, 0.1) is 12.3 Å². The molecule has 3 rings (SSSR count). The van der Waals surface area contributed by atoms with Crippen molar-refractivity contribution in [3.63, 3.8) is 0 Å². The lowest BCUT2D eigenvalue weighted by molar-refractivity contribution is 0.112. The molecule has 0 spiro atoms. The number of aldehydes is 1.